The zero-order valence-corrected chi connectivity index (χ0v) is 9.24. The van der Waals surface area contributed by atoms with Gasteiger partial charge in [-0.25, -0.2) is 0 Å². The van der Waals surface area contributed by atoms with Gasteiger partial charge in [0.15, 0.2) is 0 Å². The first kappa shape index (κ1) is 12.9. The van der Waals surface area contributed by atoms with Crippen molar-refractivity contribution in [2.45, 2.75) is 6.42 Å². The molecule has 0 rings (SSSR count). The molecule has 0 bridgehead atoms. The molecule has 0 aliphatic rings. The van der Waals surface area contributed by atoms with Gasteiger partial charge in [0.1, 0.15) is 0 Å². The fourth-order valence-corrected chi connectivity index (χ4v) is 0.836. The Morgan fingerprint density at radius 1 is 1.21 bits per heavy atom. The van der Waals surface area contributed by atoms with Crippen LogP contribution in [0.1, 0.15) is 6.42 Å². The molecule has 1 amide bonds. The van der Waals surface area contributed by atoms with Gasteiger partial charge >= 0.3 is 5.97 Å². The molecule has 14 heavy (non-hydrogen) atoms. The number of nitrogens with zero attached hydrogens (tertiary/aromatic N) is 2. The first-order valence-electron chi connectivity index (χ1n) is 4.43. The van der Waals surface area contributed by atoms with Gasteiger partial charge in [0.2, 0.25) is 5.91 Å². The highest BCUT2D eigenvalue weighted by molar-refractivity contribution is 5.77. The smallest absolute Gasteiger partial charge is 0.306 e. The minimum atomic E-state index is -0.255. The fourth-order valence-electron chi connectivity index (χ4n) is 0.836. The Morgan fingerprint density at radius 2 is 1.79 bits per heavy atom. The molecule has 0 atom stereocenters. The minimum absolute atomic E-state index is 0.0253. The third-order valence-corrected chi connectivity index (χ3v) is 1.83. The summed E-state index contributed by atoms with van der Waals surface area (Å²) in [5, 5.41) is 0. The van der Waals surface area contributed by atoms with Gasteiger partial charge < -0.3 is 9.64 Å². The van der Waals surface area contributed by atoms with Crippen LogP contribution in [0.3, 0.4) is 0 Å². The Bertz CT molecular complexity index is 204. The SMILES string of the molecule is COC(=O)CCN(C)CC(=O)N(C)C. The van der Waals surface area contributed by atoms with Crippen LogP contribution in [-0.2, 0) is 14.3 Å². The Labute approximate surface area is 84.6 Å². The molecular formula is C9H18N2O3. The number of methoxy groups -OCH3 is 1. The molecule has 5 heteroatoms. The lowest BCUT2D eigenvalue weighted by Crippen LogP contribution is -2.35. The summed E-state index contributed by atoms with van der Waals surface area (Å²) in [6.07, 6.45) is 0.313. The lowest BCUT2D eigenvalue weighted by molar-refractivity contribution is -0.141. The van der Waals surface area contributed by atoms with Gasteiger partial charge in [0.25, 0.3) is 0 Å². The zero-order valence-electron chi connectivity index (χ0n) is 9.24. The average Bonchev–Trinajstić information content (AvgIpc) is 2.13. The van der Waals surface area contributed by atoms with Crippen molar-refractivity contribution >= 4 is 11.9 Å². The van der Waals surface area contributed by atoms with Crippen molar-refractivity contribution in [1.29, 1.82) is 0 Å². The van der Waals surface area contributed by atoms with Crippen molar-refractivity contribution in [2.75, 3.05) is 41.3 Å². The second-order valence-corrected chi connectivity index (χ2v) is 3.35. The van der Waals surface area contributed by atoms with E-state index in [2.05, 4.69) is 4.74 Å². The Balaban J connectivity index is 3.70. The van der Waals surface area contributed by atoms with E-state index in [-0.39, 0.29) is 11.9 Å². The minimum Gasteiger partial charge on any atom is -0.469 e. The van der Waals surface area contributed by atoms with Gasteiger partial charge in [-0.15, -0.1) is 0 Å². The predicted octanol–water partition coefficient (Wildman–Crippen LogP) is -0.430. The number of rotatable bonds is 5. The molecule has 0 fully saturated rings. The van der Waals surface area contributed by atoms with Crippen LogP contribution in [0.5, 0.6) is 0 Å². The topological polar surface area (TPSA) is 49.9 Å². The maximum absolute atomic E-state index is 11.2. The molecule has 0 saturated carbocycles. The van der Waals surface area contributed by atoms with E-state index < -0.39 is 0 Å². The number of carbonyl (C=O) groups is 2. The Morgan fingerprint density at radius 3 is 2.21 bits per heavy atom. The summed E-state index contributed by atoms with van der Waals surface area (Å²) in [5.41, 5.74) is 0. The van der Waals surface area contributed by atoms with Gasteiger partial charge in [0, 0.05) is 20.6 Å². The van der Waals surface area contributed by atoms with Crippen LogP contribution < -0.4 is 0 Å². The summed E-state index contributed by atoms with van der Waals surface area (Å²) in [7, 11) is 6.56. The number of ether oxygens (including phenoxy) is 1. The summed E-state index contributed by atoms with van der Waals surface area (Å²) in [5.74, 6) is -0.230. The van der Waals surface area contributed by atoms with Crippen LogP contribution in [-0.4, -0.2) is 63.0 Å². The van der Waals surface area contributed by atoms with Crippen molar-refractivity contribution in [3.05, 3.63) is 0 Å². The first-order chi connectivity index (χ1) is 6.47. The van der Waals surface area contributed by atoms with Crippen LogP contribution in [0.15, 0.2) is 0 Å². The molecule has 0 saturated heterocycles. The average molecular weight is 202 g/mol. The molecule has 0 aromatic heterocycles. The maximum Gasteiger partial charge on any atom is 0.306 e. The third kappa shape index (κ3) is 5.53. The van der Waals surface area contributed by atoms with E-state index in [4.69, 9.17) is 0 Å². The van der Waals surface area contributed by atoms with Crippen LogP contribution in [0.4, 0.5) is 0 Å². The fraction of sp³-hybridized carbons (Fsp3) is 0.778. The van der Waals surface area contributed by atoms with Crippen LogP contribution >= 0.6 is 0 Å². The molecule has 0 aliphatic heterocycles. The number of esters is 1. The summed E-state index contributed by atoms with van der Waals surface area (Å²) >= 11 is 0. The van der Waals surface area contributed by atoms with Crippen molar-refractivity contribution in [3.63, 3.8) is 0 Å². The summed E-state index contributed by atoms with van der Waals surface area (Å²) in [6.45, 7) is 0.857. The maximum atomic E-state index is 11.2. The number of carbonyl (C=O) groups excluding carboxylic acids is 2. The summed E-state index contributed by atoms with van der Waals surface area (Å²) in [4.78, 5) is 25.3. The van der Waals surface area contributed by atoms with Crippen molar-refractivity contribution < 1.29 is 14.3 Å². The monoisotopic (exact) mass is 202 g/mol. The first-order valence-corrected chi connectivity index (χ1v) is 4.43. The normalized spacial score (nSPS) is 10.1. The molecule has 0 aromatic carbocycles. The predicted molar refractivity (Wildman–Crippen MR) is 52.8 cm³/mol. The standard InChI is InChI=1S/C9H18N2O3/c1-10(2)8(12)7-11(3)6-5-9(13)14-4/h5-7H2,1-4H3. The molecule has 0 heterocycles. The largest absolute Gasteiger partial charge is 0.469 e. The van der Waals surface area contributed by atoms with Crippen molar-refractivity contribution in [1.82, 2.24) is 9.80 Å². The highest BCUT2D eigenvalue weighted by atomic mass is 16.5. The Kier molecular flexibility index (Phi) is 5.87. The molecule has 0 aromatic rings. The van der Waals surface area contributed by atoms with Crippen LogP contribution in [0.2, 0.25) is 0 Å². The van der Waals surface area contributed by atoms with Crippen LogP contribution in [0.25, 0.3) is 0 Å². The number of hydrogen-bond acceptors (Lipinski definition) is 4. The summed E-state index contributed by atoms with van der Waals surface area (Å²) < 4.78 is 4.49. The van der Waals surface area contributed by atoms with Crippen LogP contribution in [0, 0.1) is 0 Å². The van der Waals surface area contributed by atoms with Gasteiger partial charge in [-0.2, -0.15) is 0 Å². The lowest BCUT2D eigenvalue weighted by Gasteiger charge is -2.18. The van der Waals surface area contributed by atoms with Gasteiger partial charge in [-0.1, -0.05) is 0 Å². The molecule has 82 valence electrons. The Hall–Kier alpha value is -1.10. The second-order valence-electron chi connectivity index (χ2n) is 3.35. The molecule has 0 unspecified atom stereocenters. The highest BCUT2D eigenvalue weighted by Crippen LogP contribution is 1.91. The second kappa shape index (κ2) is 6.37. The number of amides is 1. The molecule has 0 spiro atoms. The van der Waals surface area contributed by atoms with E-state index >= 15 is 0 Å². The van der Waals surface area contributed by atoms with Crippen molar-refractivity contribution in [2.24, 2.45) is 0 Å². The molecule has 0 N–H and O–H groups in total. The lowest BCUT2D eigenvalue weighted by atomic mass is 10.4. The van der Waals surface area contributed by atoms with E-state index in [0.717, 1.165) is 0 Å². The van der Waals surface area contributed by atoms with E-state index in [1.165, 1.54) is 12.0 Å². The number of likely N-dealkylation sites (N-methyl/N-ethyl adjacent to an activating group) is 2. The van der Waals surface area contributed by atoms with E-state index in [0.29, 0.717) is 19.5 Å². The highest BCUT2D eigenvalue weighted by Gasteiger charge is 2.09. The molecular weight excluding hydrogens is 184 g/mol. The van der Waals surface area contributed by atoms with Gasteiger partial charge in [-0.3, -0.25) is 14.5 Å². The summed E-state index contributed by atoms with van der Waals surface area (Å²) in [6, 6.07) is 0. The zero-order chi connectivity index (χ0) is 11.1. The van der Waals surface area contributed by atoms with Crippen molar-refractivity contribution in [3.8, 4) is 0 Å². The van der Waals surface area contributed by atoms with E-state index in [9.17, 15) is 9.59 Å². The molecule has 0 aliphatic carbocycles. The molecule has 5 nitrogen and oxygen atoms in total. The van der Waals surface area contributed by atoms with Gasteiger partial charge in [0.05, 0.1) is 20.1 Å². The van der Waals surface area contributed by atoms with E-state index in [1.54, 1.807) is 26.0 Å². The van der Waals surface area contributed by atoms with E-state index in [1.807, 2.05) is 0 Å². The molecule has 0 radical (unpaired) electrons. The quantitative estimate of drug-likeness (QED) is 0.568. The third-order valence-electron chi connectivity index (χ3n) is 1.83. The van der Waals surface area contributed by atoms with Gasteiger partial charge in [-0.05, 0) is 7.05 Å². The number of hydrogen-bond donors (Lipinski definition) is 0.